The summed E-state index contributed by atoms with van der Waals surface area (Å²) in [7, 11) is -2.65. The molecular formula is C24H28N2O4SSi. The van der Waals surface area contributed by atoms with E-state index in [1.807, 2.05) is 12.1 Å². The summed E-state index contributed by atoms with van der Waals surface area (Å²) in [6.45, 7) is 7.13. The molecule has 4 rings (SSSR count). The van der Waals surface area contributed by atoms with E-state index >= 15 is 0 Å². The topological polar surface area (TPSA) is 73.3 Å². The normalized spacial score (nSPS) is 19.2. The third-order valence-electron chi connectivity index (χ3n) is 5.75. The van der Waals surface area contributed by atoms with Crippen molar-refractivity contribution in [3.05, 3.63) is 93.8 Å². The Labute approximate surface area is 192 Å². The van der Waals surface area contributed by atoms with Crippen LogP contribution < -0.4 is 21.6 Å². The number of hydrogen-bond acceptors (Lipinski definition) is 5. The Hall–Kier alpha value is -2.39. The van der Waals surface area contributed by atoms with Gasteiger partial charge < -0.3 is 9.16 Å². The SMILES string of the molecule is CC(C)(C)[Si](OC[C@H]1O[C@@H](n2ccc(=O)[nH]c2=O)CS1)(c1ccccc1)c1ccccc1. The molecule has 1 fully saturated rings. The maximum absolute atomic E-state index is 12.1. The molecule has 3 aromatic rings. The maximum atomic E-state index is 12.1. The van der Waals surface area contributed by atoms with Crippen LogP contribution in [0.5, 0.6) is 0 Å². The molecule has 8 heteroatoms. The van der Waals surface area contributed by atoms with Crippen LogP contribution in [0, 0.1) is 0 Å². The van der Waals surface area contributed by atoms with Crippen molar-refractivity contribution in [2.45, 2.75) is 37.5 Å². The zero-order valence-corrected chi connectivity index (χ0v) is 20.3. The van der Waals surface area contributed by atoms with Crippen LogP contribution in [0.15, 0.2) is 82.5 Å². The highest BCUT2D eigenvalue weighted by atomic mass is 32.2. The van der Waals surface area contributed by atoms with Crippen LogP contribution in [0.1, 0.15) is 27.0 Å². The smallest absolute Gasteiger partial charge is 0.330 e. The Morgan fingerprint density at radius 1 is 1.03 bits per heavy atom. The van der Waals surface area contributed by atoms with Crippen LogP contribution in [0.4, 0.5) is 0 Å². The summed E-state index contributed by atoms with van der Waals surface area (Å²) in [5.74, 6) is 0.612. The zero-order chi connectivity index (χ0) is 22.8. The Balaban J connectivity index is 1.62. The molecule has 168 valence electrons. The number of nitrogens with one attached hydrogen (secondary N) is 1. The summed E-state index contributed by atoms with van der Waals surface area (Å²) in [6, 6.07) is 22.3. The Kier molecular flexibility index (Phi) is 6.57. The molecule has 0 radical (unpaired) electrons. The quantitative estimate of drug-likeness (QED) is 0.563. The highest BCUT2D eigenvalue weighted by molar-refractivity contribution is 8.00. The van der Waals surface area contributed by atoms with Crippen LogP contribution in [0.2, 0.25) is 5.04 Å². The van der Waals surface area contributed by atoms with Gasteiger partial charge in [0.2, 0.25) is 0 Å². The molecule has 0 spiro atoms. The molecule has 6 nitrogen and oxygen atoms in total. The standard InChI is InChI=1S/C24H28N2O4SSi/c1-24(2,3)32(18-10-6-4-7-11-18,19-12-8-5-9-13-19)29-16-22-30-21(17-31-22)26-15-14-20(27)25-23(26)28/h4-15,21-22H,16-17H2,1-3H3,(H,25,27,28)/t21-,22+/m1/s1. The number of hydrogen-bond donors (Lipinski definition) is 1. The predicted octanol–water partition coefficient (Wildman–Crippen LogP) is 2.70. The molecule has 0 amide bonds. The number of benzene rings is 2. The molecule has 0 bridgehead atoms. The third-order valence-corrected chi connectivity index (χ3v) is 11.8. The molecule has 1 aliphatic rings. The van der Waals surface area contributed by atoms with E-state index in [0.717, 1.165) is 0 Å². The first-order valence-electron chi connectivity index (χ1n) is 10.6. The average molecular weight is 469 g/mol. The lowest BCUT2D eigenvalue weighted by Gasteiger charge is -2.43. The molecule has 0 aliphatic carbocycles. The van der Waals surface area contributed by atoms with Gasteiger partial charge in [-0.05, 0) is 15.4 Å². The van der Waals surface area contributed by atoms with E-state index in [2.05, 4.69) is 74.3 Å². The minimum Gasteiger partial charge on any atom is -0.404 e. The van der Waals surface area contributed by atoms with Crippen molar-refractivity contribution in [2.75, 3.05) is 12.4 Å². The molecule has 1 saturated heterocycles. The zero-order valence-electron chi connectivity index (χ0n) is 18.5. The van der Waals surface area contributed by atoms with Gasteiger partial charge in [0, 0.05) is 18.0 Å². The highest BCUT2D eigenvalue weighted by Gasteiger charge is 2.50. The minimum atomic E-state index is -2.65. The fraction of sp³-hybridized carbons (Fsp3) is 0.333. The summed E-state index contributed by atoms with van der Waals surface area (Å²) in [5.41, 5.74) is -1.08. The van der Waals surface area contributed by atoms with E-state index in [0.29, 0.717) is 12.4 Å². The second-order valence-corrected chi connectivity index (χ2v) is 14.3. The second kappa shape index (κ2) is 9.23. The van der Waals surface area contributed by atoms with E-state index in [1.54, 1.807) is 11.8 Å². The van der Waals surface area contributed by atoms with Gasteiger partial charge in [0.15, 0.2) is 0 Å². The molecular weight excluding hydrogens is 440 g/mol. The molecule has 0 unspecified atom stereocenters. The molecule has 1 N–H and O–H groups in total. The van der Waals surface area contributed by atoms with Crippen molar-refractivity contribution in [3.8, 4) is 0 Å². The van der Waals surface area contributed by atoms with Crippen LogP contribution in [0.25, 0.3) is 0 Å². The predicted molar refractivity (Wildman–Crippen MR) is 131 cm³/mol. The number of aromatic nitrogens is 2. The fourth-order valence-corrected chi connectivity index (χ4v) is 9.95. The highest BCUT2D eigenvalue weighted by Crippen LogP contribution is 2.38. The lowest BCUT2D eigenvalue weighted by molar-refractivity contribution is -0.00360. The number of aromatic amines is 1. The van der Waals surface area contributed by atoms with Gasteiger partial charge in [-0.1, -0.05) is 81.4 Å². The van der Waals surface area contributed by atoms with Gasteiger partial charge >= 0.3 is 5.69 Å². The number of nitrogens with zero attached hydrogens (tertiary/aromatic N) is 1. The van der Waals surface area contributed by atoms with Gasteiger partial charge in [0.25, 0.3) is 13.9 Å². The second-order valence-electron chi connectivity index (χ2n) is 8.85. The van der Waals surface area contributed by atoms with Crippen LogP contribution in [-0.2, 0) is 9.16 Å². The molecule has 2 aromatic carbocycles. The number of rotatable bonds is 6. The van der Waals surface area contributed by atoms with Crippen LogP contribution >= 0.6 is 11.8 Å². The van der Waals surface area contributed by atoms with E-state index in [1.165, 1.54) is 27.2 Å². The summed E-state index contributed by atoms with van der Waals surface area (Å²) >= 11 is 1.62. The maximum Gasteiger partial charge on any atom is 0.330 e. The first-order chi connectivity index (χ1) is 15.3. The number of thioether (sulfide) groups is 1. The van der Waals surface area contributed by atoms with Gasteiger partial charge in [-0.15, -0.1) is 11.8 Å². The van der Waals surface area contributed by atoms with Gasteiger partial charge in [0.05, 0.1) is 6.61 Å². The van der Waals surface area contributed by atoms with E-state index in [-0.39, 0.29) is 10.5 Å². The first-order valence-corrected chi connectivity index (χ1v) is 13.6. The number of H-pyrrole nitrogens is 1. The van der Waals surface area contributed by atoms with Gasteiger partial charge in [-0.3, -0.25) is 14.3 Å². The number of ether oxygens (including phenoxy) is 1. The molecule has 1 aliphatic heterocycles. The lowest BCUT2D eigenvalue weighted by atomic mass is 10.2. The molecule has 0 saturated carbocycles. The van der Waals surface area contributed by atoms with Crippen LogP contribution in [0.3, 0.4) is 0 Å². The lowest BCUT2D eigenvalue weighted by Crippen LogP contribution is -2.67. The summed E-state index contributed by atoms with van der Waals surface area (Å²) in [4.78, 5) is 25.8. The van der Waals surface area contributed by atoms with Gasteiger partial charge in [0.1, 0.15) is 11.7 Å². The van der Waals surface area contributed by atoms with E-state index in [4.69, 9.17) is 9.16 Å². The Morgan fingerprint density at radius 2 is 1.62 bits per heavy atom. The molecule has 2 atom stereocenters. The molecule has 2 heterocycles. The third kappa shape index (κ3) is 4.41. The van der Waals surface area contributed by atoms with Crippen molar-refractivity contribution in [1.82, 2.24) is 9.55 Å². The van der Waals surface area contributed by atoms with Crippen LogP contribution in [-0.4, -0.2) is 35.7 Å². The van der Waals surface area contributed by atoms with Crippen molar-refractivity contribution in [3.63, 3.8) is 0 Å². The summed E-state index contributed by atoms with van der Waals surface area (Å²) < 4.78 is 14.5. The Bertz CT molecular complexity index is 1120. The fourth-order valence-electron chi connectivity index (χ4n) is 4.29. The summed E-state index contributed by atoms with van der Waals surface area (Å²) in [6.07, 6.45) is 1.05. The van der Waals surface area contributed by atoms with Gasteiger partial charge in [-0.2, -0.15) is 0 Å². The van der Waals surface area contributed by atoms with E-state index in [9.17, 15) is 9.59 Å². The minimum absolute atomic E-state index is 0.117. The molecule has 1 aromatic heterocycles. The van der Waals surface area contributed by atoms with Crippen molar-refractivity contribution >= 4 is 30.5 Å². The molecule has 32 heavy (non-hydrogen) atoms. The van der Waals surface area contributed by atoms with Crippen molar-refractivity contribution < 1.29 is 9.16 Å². The monoisotopic (exact) mass is 468 g/mol. The van der Waals surface area contributed by atoms with Gasteiger partial charge in [-0.25, -0.2) is 4.79 Å². The summed E-state index contributed by atoms with van der Waals surface area (Å²) in [5, 5.41) is 2.32. The largest absolute Gasteiger partial charge is 0.404 e. The van der Waals surface area contributed by atoms with Crippen molar-refractivity contribution in [1.29, 1.82) is 0 Å². The average Bonchev–Trinajstić information content (AvgIpc) is 3.23. The van der Waals surface area contributed by atoms with Crippen molar-refractivity contribution in [2.24, 2.45) is 0 Å². The van der Waals surface area contributed by atoms with E-state index < -0.39 is 25.8 Å². The first kappa shape index (κ1) is 22.8. The Morgan fingerprint density at radius 3 is 2.16 bits per heavy atom.